The van der Waals surface area contributed by atoms with Crippen molar-refractivity contribution in [2.45, 2.75) is 65.3 Å². The summed E-state index contributed by atoms with van der Waals surface area (Å²) in [6.45, 7) is 10.3. The molecule has 0 spiro atoms. The van der Waals surface area contributed by atoms with Crippen molar-refractivity contribution in [1.82, 2.24) is 10.6 Å². The Hall–Kier alpha value is -0.300. The fourth-order valence-electron chi connectivity index (χ4n) is 3.16. The van der Waals surface area contributed by atoms with Crippen molar-refractivity contribution in [1.29, 1.82) is 0 Å². The molecule has 0 aromatic heterocycles. The average molecular weight is 435 g/mol. The van der Waals surface area contributed by atoms with Crippen LogP contribution in [-0.2, 0) is 4.74 Å². The molecule has 1 aliphatic carbocycles. The lowest BCUT2D eigenvalue weighted by Gasteiger charge is -2.35. The highest BCUT2D eigenvalue weighted by molar-refractivity contribution is 14.0. The first-order valence-corrected chi connectivity index (χ1v) is 8.89. The van der Waals surface area contributed by atoms with Crippen LogP contribution >= 0.6 is 24.0 Å². The van der Waals surface area contributed by atoms with Gasteiger partial charge >= 0.3 is 0 Å². The largest absolute Gasteiger partial charge is 0.377 e. The zero-order valence-corrected chi connectivity index (χ0v) is 17.3. The molecule has 0 aromatic rings. The van der Waals surface area contributed by atoms with Crippen molar-refractivity contribution in [2.75, 3.05) is 26.3 Å². The van der Waals surface area contributed by atoms with Gasteiger partial charge in [-0.2, -0.15) is 0 Å². The second-order valence-electron chi connectivity index (χ2n) is 7.28. The fourth-order valence-corrected chi connectivity index (χ4v) is 3.16. The third kappa shape index (κ3) is 7.88. The van der Waals surface area contributed by atoms with E-state index >= 15 is 0 Å². The summed E-state index contributed by atoms with van der Waals surface area (Å²) in [6.07, 6.45) is 9.44. The highest BCUT2D eigenvalue weighted by Gasteiger charge is 2.27. The number of hydrogen-bond acceptors (Lipinski definition) is 2. The molecule has 1 heterocycles. The number of nitrogens with one attached hydrogen (secondary N) is 2. The summed E-state index contributed by atoms with van der Waals surface area (Å²) in [6, 6.07) is 0.577. The van der Waals surface area contributed by atoms with E-state index in [-0.39, 0.29) is 24.0 Å². The average Bonchev–Trinajstić information content (AvgIpc) is 2.50. The van der Waals surface area contributed by atoms with Crippen molar-refractivity contribution in [3.8, 4) is 0 Å². The van der Waals surface area contributed by atoms with Gasteiger partial charge in [-0.15, -0.1) is 24.0 Å². The number of halogens is 1. The minimum Gasteiger partial charge on any atom is -0.377 e. The molecule has 0 amide bonds. The molecule has 0 bridgehead atoms. The Balaban J connectivity index is 0.00000264. The molecular weight excluding hydrogens is 401 g/mol. The first kappa shape index (κ1) is 20.7. The summed E-state index contributed by atoms with van der Waals surface area (Å²) in [5.41, 5.74) is 2.01. The van der Waals surface area contributed by atoms with Gasteiger partial charge in [-0.25, -0.2) is 0 Å². The monoisotopic (exact) mass is 435 g/mol. The number of nitrogens with zero attached hydrogens (tertiary/aromatic N) is 1. The Morgan fingerprint density at radius 1 is 1.35 bits per heavy atom. The third-order valence-electron chi connectivity index (χ3n) is 4.78. The summed E-state index contributed by atoms with van der Waals surface area (Å²) in [4.78, 5) is 4.75. The van der Waals surface area contributed by atoms with E-state index in [2.05, 4.69) is 37.5 Å². The molecular formula is C18H34IN3O. The van der Waals surface area contributed by atoms with Gasteiger partial charge in [0.25, 0.3) is 0 Å². The third-order valence-corrected chi connectivity index (χ3v) is 4.78. The van der Waals surface area contributed by atoms with Crippen LogP contribution < -0.4 is 10.6 Å². The fraction of sp³-hybridized carbons (Fsp3) is 0.833. The maximum atomic E-state index is 5.35. The van der Waals surface area contributed by atoms with Crippen LogP contribution in [0.5, 0.6) is 0 Å². The Kier molecular flexibility index (Phi) is 9.51. The summed E-state index contributed by atoms with van der Waals surface area (Å²) in [5, 5.41) is 7.01. The topological polar surface area (TPSA) is 45.7 Å². The van der Waals surface area contributed by atoms with Gasteiger partial charge in [-0.3, -0.25) is 4.99 Å². The molecule has 0 saturated heterocycles. The smallest absolute Gasteiger partial charge is 0.191 e. The lowest BCUT2D eigenvalue weighted by molar-refractivity contribution is 0.153. The van der Waals surface area contributed by atoms with Gasteiger partial charge in [0.15, 0.2) is 5.96 Å². The Morgan fingerprint density at radius 3 is 2.70 bits per heavy atom. The maximum absolute atomic E-state index is 5.35. The highest BCUT2D eigenvalue weighted by atomic mass is 127. The van der Waals surface area contributed by atoms with E-state index in [0.29, 0.717) is 11.5 Å². The molecule has 1 saturated carbocycles. The van der Waals surface area contributed by atoms with E-state index in [0.717, 1.165) is 45.1 Å². The normalized spacial score (nSPS) is 22.0. The Labute approximate surface area is 158 Å². The minimum absolute atomic E-state index is 0. The summed E-state index contributed by atoms with van der Waals surface area (Å²) in [7, 11) is 0. The molecule has 0 aromatic carbocycles. The van der Waals surface area contributed by atoms with Gasteiger partial charge < -0.3 is 15.4 Å². The lowest BCUT2D eigenvalue weighted by atomic mass is 9.75. The quantitative estimate of drug-likeness (QED) is 0.298. The van der Waals surface area contributed by atoms with Gasteiger partial charge in [0.2, 0.25) is 0 Å². The second-order valence-corrected chi connectivity index (χ2v) is 7.28. The predicted octanol–water partition coefficient (Wildman–Crippen LogP) is 3.87. The van der Waals surface area contributed by atoms with Crippen LogP contribution in [-0.4, -0.2) is 38.3 Å². The molecule has 2 aliphatic rings. The van der Waals surface area contributed by atoms with Gasteiger partial charge in [0, 0.05) is 19.1 Å². The SMILES string of the molecule is CCNC(=NCCC1=CCOCC1)NC1CCC(C)(C)CC1.I. The number of aliphatic imine (C=N–C) groups is 1. The summed E-state index contributed by atoms with van der Waals surface area (Å²) in [5.74, 6) is 0.986. The van der Waals surface area contributed by atoms with E-state index in [9.17, 15) is 0 Å². The van der Waals surface area contributed by atoms with Crippen LogP contribution in [0.3, 0.4) is 0 Å². The van der Waals surface area contributed by atoms with E-state index in [1.54, 1.807) is 0 Å². The standard InChI is InChI=1S/C18H33N3O.HI/c1-4-19-17(20-12-7-15-8-13-22-14-9-15)21-16-5-10-18(2,3)11-6-16;/h8,16H,4-7,9-14H2,1-3H3,(H2,19,20,21);1H. The zero-order valence-electron chi connectivity index (χ0n) is 15.0. The molecule has 2 N–H and O–H groups in total. The number of guanidine groups is 1. The number of rotatable bonds is 5. The number of ether oxygens (including phenoxy) is 1. The van der Waals surface area contributed by atoms with E-state index in [1.807, 2.05) is 0 Å². The van der Waals surface area contributed by atoms with Crippen molar-refractivity contribution in [3.05, 3.63) is 11.6 Å². The predicted molar refractivity (Wildman–Crippen MR) is 109 cm³/mol. The van der Waals surface area contributed by atoms with Gasteiger partial charge in [-0.05, 0) is 50.9 Å². The molecule has 0 unspecified atom stereocenters. The Bertz CT molecular complexity index is 397. The van der Waals surface area contributed by atoms with Crippen molar-refractivity contribution < 1.29 is 4.74 Å². The van der Waals surface area contributed by atoms with Gasteiger partial charge in [0.1, 0.15) is 0 Å². The van der Waals surface area contributed by atoms with Crippen molar-refractivity contribution in [3.63, 3.8) is 0 Å². The molecule has 5 heteroatoms. The second kappa shape index (κ2) is 10.5. The van der Waals surface area contributed by atoms with Gasteiger partial charge in [0.05, 0.1) is 13.2 Å². The minimum atomic E-state index is 0. The first-order chi connectivity index (χ1) is 10.6. The number of hydrogen-bond donors (Lipinski definition) is 2. The van der Waals surface area contributed by atoms with E-state index in [4.69, 9.17) is 9.73 Å². The molecule has 2 rings (SSSR count). The molecule has 0 atom stereocenters. The molecule has 1 fully saturated rings. The lowest BCUT2D eigenvalue weighted by Crippen LogP contribution is -2.45. The molecule has 134 valence electrons. The summed E-state index contributed by atoms with van der Waals surface area (Å²) < 4.78 is 5.35. The van der Waals surface area contributed by atoms with Crippen molar-refractivity contribution in [2.24, 2.45) is 10.4 Å². The Morgan fingerprint density at radius 2 is 2.09 bits per heavy atom. The van der Waals surface area contributed by atoms with Crippen molar-refractivity contribution >= 4 is 29.9 Å². The van der Waals surface area contributed by atoms with Crippen LogP contribution in [0.25, 0.3) is 0 Å². The molecule has 23 heavy (non-hydrogen) atoms. The van der Waals surface area contributed by atoms with Crippen LogP contribution in [0, 0.1) is 5.41 Å². The van der Waals surface area contributed by atoms with E-state index < -0.39 is 0 Å². The highest BCUT2D eigenvalue weighted by Crippen LogP contribution is 2.34. The molecule has 0 radical (unpaired) electrons. The van der Waals surface area contributed by atoms with Crippen LogP contribution in [0.15, 0.2) is 16.6 Å². The first-order valence-electron chi connectivity index (χ1n) is 8.89. The van der Waals surface area contributed by atoms with Crippen LogP contribution in [0.2, 0.25) is 0 Å². The molecule has 4 nitrogen and oxygen atoms in total. The van der Waals surface area contributed by atoms with E-state index in [1.165, 1.54) is 31.3 Å². The van der Waals surface area contributed by atoms with Crippen LogP contribution in [0.1, 0.15) is 59.3 Å². The van der Waals surface area contributed by atoms with Crippen LogP contribution in [0.4, 0.5) is 0 Å². The molecule has 1 aliphatic heterocycles. The summed E-state index contributed by atoms with van der Waals surface area (Å²) >= 11 is 0. The van der Waals surface area contributed by atoms with Gasteiger partial charge in [-0.1, -0.05) is 25.5 Å². The maximum Gasteiger partial charge on any atom is 0.191 e. The zero-order chi connectivity index (χ0) is 15.8.